The fraction of sp³-hybridized carbons (Fsp3) is 0.222. The first-order valence-corrected chi connectivity index (χ1v) is 9.56. The maximum atomic E-state index is 12.9. The summed E-state index contributed by atoms with van der Waals surface area (Å²) in [5.41, 5.74) is 1.30. The van der Waals surface area contributed by atoms with Crippen molar-refractivity contribution in [1.29, 1.82) is 0 Å². The highest BCUT2D eigenvalue weighted by Crippen LogP contribution is 2.22. The summed E-state index contributed by atoms with van der Waals surface area (Å²) in [6, 6.07) is 12.2. The Hall–Kier alpha value is -2.74. The Morgan fingerprint density at radius 2 is 1.88 bits per heavy atom. The molecular formula is C18H18FN3O3S. The average molecular weight is 375 g/mol. The van der Waals surface area contributed by atoms with E-state index in [4.69, 9.17) is 0 Å². The van der Waals surface area contributed by atoms with Crippen LogP contribution in [-0.4, -0.2) is 26.7 Å². The van der Waals surface area contributed by atoms with E-state index in [1.54, 1.807) is 37.3 Å². The average Bonchev–Trinajstić information content (AvgIpc) is 2.86. The Morgan fingerprint density at radius 1 is 1.19 bits per heavy atom. The monoisotopic (exact) mass is 375 g/mol. The summed E-state index contributed by atoms with van der Waals surface area (Å²) in [6.45, 7) is 1.95. The van der Waals surface area contributed by atoms with Crippen molar-refractivity contribution in [2.45, 2.75) is 24.3 Å². The molecule has 0 saturated heterocycles. The SMILES string of the molecule is C[C@@H](NC(=O)CCN=C1NS(=O)(=O)c2ccccc21)c1ccc(F)cc1. The zero-order chi connectivity index (χ0) is 18.7. The van der Waals surface area contributed by atoms with Gasteiger partial charge in [-0.25, -0.2) is 12.8 Å². The van der Waals surface area contributed by atoms with Crippen LogP contribution in [0.15, 0.2) is 58.4 Å². The Morgan fingerprint density at radius 3 is 2.62 bits per heavy atom. The van der Waals surface area contributed by atoms with Crippen molar-refractivity contribution in [3.8, 4) is 0 Å². The van der Waals surface area contributed by atoms with Crippen LogP contribution in [-0.2, 0) is 14.8 Å². The molecule has 1 amide bonds. The van der Waals surface area contributed by atoms with Crippen LogP contribution in [0.5, 0.6) is 0 Å². The number of rotatable bonds is 5. The van der Waals surface area contributed by atoms with Gasteiger partial charge >= 0.3 is 0 Å². The molecule has 6 nitrogen and oxygen atoms in total. The van der Waals surface area contributed by atoms with Gasteiger partial charge in [0.05, 0.1) is 17.5 Å². The number of halogens is 1. The van der Waals surface area contributed by atoms with E-state index in [9.17, 15) is 17.6 Å². The summed E-state index contributed by atoms with van der Waals surface area (Å²) < 4.78 is 39.3. The predicted molar refractivity (Wildman–Crippen MR) is 95.7 cm³/mol. The normalized spacial score (nSPS) is 17.4. The van der Waals surface area contributed by atoms with Gasteiger partial charge in [-0.1, -0.05) is 24.3 Å². The van der Waals surface area contributed by atoms with E-state index in [1.165, 1.54) is 18.2 Å². The molecule has 0 radical (unpaired) electrons. The Kier molecular flexibility index (Phi) is 5.03. The number of benzene rings is 2. The van der Waals surface area contributed by atoms with Crippen molar-refractivity contribution in [1.82, 2.24) is 10.0 Å². The molecule has 0 bridgehead atoms. The third kappa shape index (κ3) is 3.91. The molecule has 0 aromatic heterocycles. The first-order valence-electron chi connectivity index (χ1n) is 8.08. The molecule has 0 spiro atoms. The number of carbonyl (C=O) groups excluding carboxylic acids is 1. The van der Waals surface area contributed by atoms with Crippen LogP contribution in [0.25, 0.3) is 0 Å². The summed E-state index contributed by atoms with van der Waals surface area (Å²) in [7, 11) is -3.58. The first-order chi connectivity index (χ1) is 12.4. The van der Waals surface area contributed by atoms with Crippen LogP contribution in [0.4, 0.5) is 4.39 Å². The molecule has 2 N–H and O–H groups in total. The molecular weight excluding hydrogens is 357 g/mol. The Bertz CT molecular complexity index is 956. The molecule has 1 heterocycles. The van der Waals surface area contributed by atoms with E-state index in [0.717, 1.165) is 5.56 Å². The van der Waals surface area contributed by atoms with Crippen molar-refractivity contribution < 1.29 is 17.6 Å². The fourth-order valence-corrected chi connectivity index (χ4v) is 3.92. The third-order valence-corrected chi connectivity index (χ3v) is 5.42. The number of amides is 1. The molecule has 0 aliphatic carbocycles. The minimum Gasteiger partial charge on any atom is -0.350 e. The topological polar surface area (TPSA) is 87.6 Å². The molecule has 136 valence electrons. The quantitative estimate of drug-likeness (QED) is 0.839. The zero-order valence-electron chi connectivity index (χ0n) is 14.1. The van der Waals surface area contributed by atoms with E-state index in [1.807, 2.05) is 0 Å². The summed E-state index contributed by atoms with van der Waals surface area (Å²) >= 11 is 0. The number of nitrogens with zero attached hydrogens (tertiary/aromatic N) is 1. The van der Waals surface area contributed by atoms with E-state index in [-0.39, 0.29) is 41.5 Å². The summed E-state index contributed by atoms with van der Waals surface area (Å²) in [5.74, 6) is -0.303. The van der Waals surface area contributed by atoms with Crippen molar-refractivity contribution in [3.63, 3.8) is 0 Å². The maximum Gasteiger partial charge on any atom is 0.263 e. The van der Waals surface area contributed by atoms with Crippen LogP contribution in [0.1, 0.15) is 30.5 Å². The second kappa shape index (κ2) is 7.25. The van der Waals surface area contributed by atoms with Crippen LogP contribution in [0.3, 0.4) is 0 Å². The standard InChI is InChI=1S/C18H18FN3O3S/c1-12(13-6-8-14(19)9-7-13)21-17(23)10-11-20-18-15-4-2-3-5-16(15)26(24,25)22-18/h2-9,12H,10-11H2,1H3,(H,20,22)(H,21,23)/t12-/m1/s1. The van der Waals surface area contributed by atoms with Gasteiger partial charge in [0.2, 0.25) is 5.91 Å². The molecule has 1 atom stereocenters. The lowest BCUT2D eigenvalue weighted by molar-refractivity contribution is -0.121. The lowest BCUT2D eigenvalue weighted by Gasteiger charge is -2.14. The third-order valence-electron chi connectivity index (χ3n) is 4.02. The van der Waals surface area contributed by atoms with Crippen LogP contribution in [0, 0.1) is 5.82 Å². The predicted octanol–water partition coefficient (Wildman–Crippen LogP) is 2.13. The number of sulfonamides is 1. The molecule has 1 aliphatic rings. The fourth-order valence-electron chi connectivity index (χ4n) is 2.67. The molecule has 0 fully saturated rings. The van der Waals surface area contributed by atoms with Gasteiger partial charge in [0.25, 0.3) is 10.0 Å². The number of amidine groups is 1. The van der Waals surface area contributed by atoms with Gasteiger partial charge in [-0.3, -0.25) is 14.5 Å². The van der Waals surface area contributed by atoms with Gasteiger partial charge in [0, 0.05) is 12.0 Å². The smallest absolute Gasteiger partial charge is 0.263 e. The van der Waals surface area contributed by atoms with Crippen molar-refractivity contribution in [2.24, 2.45) is 4.99 Å². The van der Waals surface area contributed by atoms with E-state index < -0.39 is 10.0 Å². The second-order valence-electron chi connectivity index (χ2n) is 5.92. The Labute approximate surface area is 151 Å². The molecule has 0 unspecified atom stereocenters. The number of hydrogen-bond acceptors (Lipinski definition) is 4. The van der Waals surface area contributed by atoms with E-state index in [2.05, 4.69) is 15.0 Å². The molecule has 3 rings (SSSR count). The largest absolute Gasteiger partial charge is 0.350 e. The second-order valence-corrected chi connectivity index (χ2v) is 7.57. The van der Waals surface area contributed by atoms with Crippen molar-refractivity contribution >= 4 is 21.8 Å². The molecule has 0 saturated carbocycles. The number of nitrogens with one attached hydrogen (secondary N) is 2. The summed E-state index contributed by atoms with van der Waals surface area (Å²) in [4.78, 5) is 16.4. The maximum absolute atomic E-state index is 12.9. The molecule has 8 heteroatoms. The molecule has 1 aliphatic heterocycles. The highest BCUT2D eigenvalue weighted by atomic mass is 32.2. The molecule has 2 aromatic rings. The van der Waals surface area contributed by atoms with Crippen LogP contribution in [0.2, 0.25) is 0 Å². The number of fused-ring (bicyclic) bond motifs is 1. The first kappa shape index (κ1) is 18.1. The van der Waals surface area contributed by atoms with Gasteiger partial charge in [0.1, 0.15) is 11.7 Å². The minimum atomic E-state index is -3.58. The summed E-state index contributed by atoms with van der Waals surface area (Å²) in [5, 5.41) is 2.81. The number of hydrogen-bond donors (Lipinski definition) is 2. The van der Waals surface area contributed by atoms with Gasteiger partial charge in [0.15, 0.2) is 0 Å². The minimum absolute atomic E-state index is 0.110. The van der Waals surface area contributed by atoms with Crippen LogP contribution < -0.4 is 10.0 Å². The van der Waals surface area contributed by atoms with Crippen molar-refractivity contribution in [3.05, 3.63) is 65.5 Å². The van der Waals surface area contributed by atoms with Gasteiger partial charge in [-0.05, 0) is 36.8 Å². The molecule has 2 aromatic carbocycles. The summed E-state index contributed by atoms with van der Waals surface area (Å²) in [6.07, 6.45) is 0.110. The van der Waals surface area contributed by atoms with Gasteiger partial charge in [-0.2, -0.15) is 0 Å². The van der Waals surface area contributed by atoms with Gasteiger partial charge in [-0.15, -0.1) is 0 Å². The zero-order valence-corrected chi connectivity index (χ0v) is 14.9. The van der Waals surface area contributed by atoms with Crippen LogP contribution >= 0.6 is 0 Å². The lowest BCUT2D eigenvalue weighted by Crippen LogP contribution is -2.27. The van der Waals surface area contributed by atoms with Gasteiger partial charge < -0.3 is 5.32 Å². The van der Waals surface area contributed by atoms with E-state index in [0.29, 0.717) is 5.56 Å². The highest BCUT2D eigenvalue weighted by Gasteiger charge is 2.29. The Balaban J connectivity index is 1.59. The number of aliphatic imine (C=N–C) groups is 1. The lowest BCUT2D eigenvalue weighted by atomic mass is 10.1. The van der Waals surface area contributed by atoms with Crippen molar-refractivity contribution in [2.75, 3.05) is 6.54 Å². The van der Waals surface area contributed by atoms with E-state index >= 15 is 0 Å². The highest BCUT2D eigenvalue weighted by molar-refractivity contribution is 7.90. The molecule has 26 heavy (non-hydrogen) atoms. The number of carbonyl (C=O) groups is 1.